The van der Waals surface area contributed by atoms with Gasteiger partial charge < -0.3 is 10.2 Å². The molecule has 164 valence electrons. The normalized spacial score (nSPS) is 17.9. The number of fused-ring (bicyclic) bond motifs is 1. The second-order valence-corrected chi connectivity index (χ2v) is 9.48. The number of Topliss-reactive ketones (excluding diaryl/α,β-unsaturated/α-hetero) is 1. The molecule has 1 aliphatic rings. The van der Waals surface area contributed by atoms with Crippen LogP contribution >= 0.6 is 11.3 Å². The van der Waals surface area contributed by atoms with Crippen molar-refractivity contribution < 1.29 is 14.4 Å². The number of hydrogen-bond acceptors (Lipinski definition) is 4. The molecule has 0 bridgehead atoms. The van der Waals surface area contributed by atoms with E-state index in [-0.39, 0.29) is 23.5 Å². The summed E-state index contributed by atoms with van der Waals surface area (Å²) in [6.07, 6.45) is 0. The first kappa shape index (κ1) is 22.0. The Kier molecular flexibility index (Phi) is 6.24. The van der Waals surface area contributed by atoms with Crippen molar-refractivity contribution in [2.45, 2.75) is 32.7 Å². The molecule has 32 heavy (non-hydrogen) atoms. The Morgan fingerprint density at radius 3 is 2.53 bits per heavy atom. The number of rotatable bonds is 6. The van der Waals surface area contributed by atoms with Crippen LogP contribution in [0, 0.1) is 5.92 Å². The van der Waals surface area contributed by atoms with Crippen molar-refractivity contribution >= 4 is 34.6 Å². The SMILES string of the molecule is CC(=O)c1cccc(NC(=O)[C@@H]2c3ccccc3C(=O)N(CC(C)C)[C@@H]2c2cccs2)c1. The van der Waals surface area contributed by atoms with Crippen LogP contribution in [0.5, 0.6) is 0 Å². The van der Waals surface area contributed by atoms with Crippen molar-refractivity contribution in [3.63, 3.8) is 0 Å². The first-order valence-electron chi connectivity index (χ1n) is 10.7. The first-order chi connectivity index (χ1) is 15.4. The monoisotopic (exact) mass is 446 g/mol. The Morgan fingerprint density at radius 2 is 1.84 bits per heavy atom. The first-order valence-corrected chi connectivity index (χ1v) is 11.6. The van der Waals surface area contributed by atoms with E-state index in [1.54, 1.807) is 41.7 Å². The van der Waals surface area contributed by atoms with E-state index in [9.17, 15) is 14.4 Å². The fraction of sp³-hybridized carbons (Fsp3) is 0.269. The molecule has 1 N–H and O–H groups in total. The van der Waals surface area contributed by atoms with Gasteiger partial charge in [0.05, 0.1) is 12.0 Å². The lowest BCUT2D eigenvalue weighted by Gasteiger charge is -2.42. The summed E-state index contributed by atoms with van der Waals surface area (Å²) in [6.45, 7) is 6.20. The van der Waals surface area contributed by atoms with Crippen LogP contribution in [-0.4, -0.2) is 29.0 Å². The van der Waals surface area contributed by atoms with Crippen LogP contribution in [-0.2, 0) is 4.79 Å². The van der Waals surface area contributed by atoms with E-state index in [2.05, 4.69) is 19.2 Å². The number of anilines is 1. The number of carbonyl (C=O) groups is 3. The van der Waals surface area contributed by atoms with Gasteiger partial charge in [-0.3, -0.25) is 14.4 Å². The molecular formula is C26H26N2O3S. The molecule has 3 aromatic rings. The van der Waals surface area contributed by atoms with Crippen molar-refractivity contribution in [1.29, 1.82) is 0 Å². The molecule has 1 aliphatic heterocycles. The van der Waals surface area contributed by atoms with Gasteiger partial charge in [-0.15, -0.1) is 11.3 Å². The number of thiophene rings is 1. The molecule has 0 aliphatic carbocycles. The molecule has 4 rings (SSSR count). The predicted molar refractivity (Wildman–Crippen MR) is 127 cm³/mol. The minimum atomic E-state index is -0.567. The van der Waals surface area contributed by atoms with Crippen molar-refractivity contribution in [2.24, 2.45) is 5.92 Å². The Bertz CT molecular complexity index is 1150. The van der Waals surface area contributed by atoms with Gasteiger partial charge in [0.2, 0.25) is 5.91 Å². The quantitative estimate of drug-likeness (QED) is 0.507. The summed E-state index contributed by atoms with van der Waals surface area (Å²) in [5.74, 6) is -0.618. The maximum absolute atomic E-state index is 13.7. The van der Waals surface area contributed by atoms with Gasteiger partial charge >= 0.3 is 0 Å². The molecule has 0 radical (unpaired) electrons. The van der Waals surface area contributed by atoms with Gasteiger partial charge in [-0.2, -0.15) is 0 Å². The van der Waals surface area contributed by atoms with Gasteiger partial charge in [0.1, 0.15) is 0 Å². The zero-order chi connectivity index (χ0) is 22.8. The summed E-state index contributed by atoms with van der Waals surface area (Å²) < 4.78 is 0. The molecule has 0 spiro atoms. The molecule has 2 atom stereocenters. The number of ketones is 1. The number of nitrogens with zero attached hydrogens (tertiary/aromatic N) is 1. The lowest BCUT2D eigenvalue weighted by Crippen LogP contribution is -2.47. The second-order valence-electron chi connectivity index (χ2n) is 8.50. The van der Waals surface area contributed by atoms with E-state index in [0.29, 0.717) is 23.4 Å². The summed E-state index contributed by atoms with van der Waals surface area (Å²) in [5.41, 5.74) is 2.41. The Hall–Kier alpha value is -3.25. The second kappa shape index (κ2) is 9.09. The van der Waals surface area contributed by atoms with Crippen molar-refractivity contribution in [3.05, 3.63) is 87.6 Å². The molecule has 0 saturated heterocycles. The van der Waals surface area contributed by atoms with E-state index in [0.717, 1.165) is 10.4 Å². The smallest absolute Gasteiger partial charge is 0.254 e. The Morgan fingerprint density at radius 1 is 1.06 bits per heavy atom. The van der Waals surface area contributed by atoms with E-state index in [1.165, 1.54) is 6.92 Å². The largest absolute Gasteiger partial charge is 0.329 e. The number of benzene rings is 2. The van der Waals surface area contributed by atoms with Crippen molar-refractivity contribution in [1.82, 2.24) is 4.90 Å². The average Bonchev–Trinajstić information content (AvgIpc) is 3.29. The summed E-state index contributed by atoms with van der Waals surface area (Å²) in [7, 11) is 0. The van der Waals surface area contributed by atoms with Crippen LogP contribution in [0.25, 0.3) is 0 Å². The van der Waals surface area contributed by atoms with E-state index in [4.69, 9.17) is 0 Å². The minimum absolute atomic E-state index is 0.0460. The zero-order valence-electron chi connectivity index (χ0n) is 18.4. The van der Waals surface area contributed by atoms with E-state index in [1.807, 2.05) is 40.6 Å². The van der Waals surface area contributed by atoms with Crippen LogP contribution in [0.1, 0.15) is 63.9 Å². The molecule has 2 aromatic carbocycles. The number of carbonyl (C=O) groups excluding carboxylic acids is 3. The van der Waals surface area contributed by atoms with Gasteiger partial charge in [-0.25, -0.2) is 0 Å². The summed E-state index contributed by atoms with van der Waals surface area (Å²) in [4.78, 5) is 41.8. The highest BCUT2D eigenvalue weighted by Crippen LogP contribution is 2.45. The highest BCUT2D eigenvalue weighted by atomic mass is 32.1. The van der Waals surface area contributed by atoms with Crippen LogP contribution in [0.2, 0.25) is 0 Å². The van der Waals surface area contributed by atoms with Crippen LogP contribution in [0.15, 0.2) is 66.0 Å². The summed E-state index contributed by atoms with van der Waals surface area (Å²) in [5, 5.41) is 4.98. The molecular weight excluding hydrogens is 420 g/mol. The van der Waals surface area contributed by atoms with Crippen LogP contribution in [0.3, 0.4) is 0 Å². The molecule has 6 heteroatoms. The zero-order valence-corrected chi connectivity index (χ0v) is 19.2. The number of hydrogen-bond donors (Lipinski definition) is 1. The molecule has 5 nitrogen and oxygen atoms in total. The van der Waals surface area contributed by atoms with Crippen molar-refractivity contribution in [3.8, 4) is 0 Å². The molecule has 2 heterocycles. The van der Waals surface area contributed by atoms with Gasteiger partial charge in [-0.05, 0) is 48.1 Å². The highest BCUT2D eigenvalue weighted by Gasteiger charge is 2.44. The van der Waals surface area contributed by atoms with E-state index >= 15 is 0 Å². The maximum atomic E-state index is 13.7. The predicted octanol–water partition coefficient (Wildman–Crippen LogP) is 5.53. The fourth-order valence-electron chi connectivity index (χ4n) is 4.28. The van der Waals surface area contributed by atoms with Crippen molar-refractivity contribution in [2.75, 3.05) is 11.9 Å². The molecule has 0 unspecified atom stereocenters. The third-order valence-corrected chi connectivity index (χ3v) is 6.60. The molecule has 1 aromatic heterocycles. The minimum Gasteiger partial charge on any atom is -0.329 e. The maximum Gasteiger partial charge on any atom is 0.254 e. The highest BCUT2D eigenvalue weighted by molar-refractivity contribution is 7.10. The van der Waals surface area contributed by atoms with Gasteiger partial charge in [0.25, 0.3) is 5.91 Å². The van der Waals surface area contributed by atoms with Gasteiger partial charge in [0, 0.05) is 28.2 Å². The third kappa shape index (κ3) is 4.23. The third-order valence-electron chi connectivity index (χ3n) is 5.65. The summed E-state index contributed by atoms with van der Waals surface area (Å²) in [6, 6.07) is 17.9. The van der Waals surface area contributed by atoms with Gasteiger partial charge in [-0.1, -0.05) is 50.2 Å². The summed E-state index contributed by atoms with van der Waals surface area (Å²) >= 11 is 1.55. The average molecular weight is 447 g/mol. The number of amides is 2. The van der Waals surface area contributed by atoms with Gasteiger partial charge in [0.15, 0.2) is 5.78 Å². The molecule has 0 saturated carbocycles. The lowest BCUT2D eigenvalue weighted by atomic mass is 9.81. The Balaban J connectivity index is 1.80. The molecule has 0 fully saturated rings. The van der Waals surface area contributed by atoms with Crippen LogP contribution in [0.4, 0.5) is 5.69 Å². The Labute approximate surface area is 192 Å². The molecule has 2 amide bonds. The topological polar surface area (TPSA) is 66.5 Å². The van der Waals surface area contributed by atoms with E-state index < -0.39 is 12.0 Å². The van der Waals surface area contributed by atoms with Crippen LogP contribution < -0.4 is 5.32 Å². The fourth-order valence-corrected chi connectivity index (χ4v) is 5.16. The number of nitrogens with one attached hydrogen (secondary N) is 1. The standard InChI is InChI=1S/C26H26N2O3S/c1-16(2)15-28-24(22-12-7-13-32-22)23(20-10-4-5-11-21(20)26(28)31)25(30)27-19-9-6-8-18(14-19)17(3)29/h4-14,16,23-24H,15H2,1-3H3,(H,27,30)/t23-,24-/m1/s1. The lowest BCUT2D eigenvalue weighted by molar-refractivity contribution is -0.119.